The van der Waals surface area contributed by atoms with Crippen LogP contribution in [0.3, 0.4) is 0 Å². The van der Waals surface area contributed by atoms with E-state index < -0.39 is 0 Å². The van der Waals surface area contributed by atoms with Crippen molar-refractivity contribution in [2.24, 2.45) is 5.92 Å². The van der Waals surface area contributed by atoms with Crippen LogP contribution in [0, 0.1) is 5.92 Å². The number of aromatic nitrogens is 1. The molecule has 126 valence electrons. The van der Waals surface area contributed by atoms with E-state index >= 15 is 0 Å². The number of pyridine rings is 1. The Balaban J connectivity index is 1.45. The molecule has 0 N–H and O–H groups in total. The number of likely N-dealkylation sites (N-methyl/N-ethyl adjacent to an activating group) is 1. The summed E-state index contributed by atoms with van der Waals surface area (Å²) in [5.74, 6) is 0.863. The number of nitrogens with zero attached hydrogens (tertiary/aromatic N) is 4. The molecule has 0 bridgehead atoms. The summed E-state index contributed by atoms with van der Waals surface area (Å²) in [6.07, 6.45) is 5.10. The molecule has 1 unspecified atom stereocenters. The molecule has 0 saturated carbocycles. The number of hydrogen-bond acceptors (Lipinski definition) is 4. The molecule has 1 aromatic rings. The Bertz CT molecular complexity index is 507. The van der Waals surface area contributed by atoms with Gasteiger partial charge in [-0.25, -0.2) is 0 Å². The first-order valence-corrected chi connectivity index (χ1v) is 8.79. The Morgan fingerprint density at radius 2 is 2.13 bits per heavy atom. The summed E-state index contributed by atoms with van der Waals surface area (Å²) < 4.78 is 0. The monoisotopic (exact) mass is 316 g/mol. The van der Waals surface area contributed by atoms with E-state index in [1.165, 1.54) is 0 Å². The van der Waals surface area contributed by atoms with Crippen LogP contribution in [0.2, 0.25) is 0 Å². The lowest BCUT2D eigenvalue weighted by Gasteiger charge is -2.23. The molecule has 1 aromatic heterocycles. The maximum atomic E-state index is 12.6. The van der Waals surface area contributed by atoms with Crippen molar-refractivity contribution < 1.29 is 4.79 Å². The fourth-order valence-electron chi connectivity index (χ4n) is 3.59. The Kier molecular flexibility index (Phi) is 5.62. The summed E-state index contributed by atoms with van der Waals surface area (Å²) >= 11 is 0. The molecule has 2 aliphatic heterocycles. The van der Waals surface area contributed by atoms with Gasteiger partial charge in [0.1, 0.15) is 0 Å². The summed E-state index contributed by atoms with van der Waals surface area (Å²) in [4.78, 5) is 23.7. The number of likely N-dealkylation sites (tertiary alicyclic amines) is 1. The summed E-state index contributed by atoms with van der Waals surface area (Å²) in [5, 5.41) is 0. The summed E-state index contributed by atoms with van der Waals surface area (Å²) in [6.45, 7) is 6.64. The highest BCUT2D eigenvalue weighted by atomic mass is 16.2. The van der Waals surface area contributed by atoms with Crippen LogP contribution < -0.4 is 0 Å². The highest BCUT2D eigenvalue weighted by Crippen LogP contribution is 2.20. The number of amides is 1. The zero-order valence-electron chi connectivity index (χ0n) is 14.2. The van der Waals surface area contributed by atoms with Crippen molar-refractivity contribution in [2.45, 2.75) is 19.3 Å². The van der Waals surface area contributed by atoms with E-state index in [0.717, 1.165) is 64.2 Å². The predicted octanol–water partition coefficient (Wildman–Crippen LogP) is 1.11. The maximum absolute atomic E-state index is 12.6. The second-order valence-electron chi connectivity index (χ2n) is 6.95. The molecule has 0 spiro atoms. The molecule has 2 saturated heterocycles. The van der Waals surface area contributed by atoms with Crippen LogP contribution in [0.5, 0.6) is 0 Å². The van der Waals surface area contributed by atoms with Crippen LogP contribution in [0.25, 0.3) is 0 Å². The van der Waals surface area contributed by atoms with Crippen LogP contribution in [-0.4, -0.2) is 78.5 Å². The van der Waals surface area contributed by atoms with Crippen LogP contribution >= 0.6 is 0 Å². The van der Waals surface area contributed by atoms with Crippen molar-refractivity contribution in [2.75, 3.05) is 52.9 Å². The lowest BCUT2D eigenvalue weighted by atomic mass is 10.0. The molecule has 23 heavy (non-hydrogen) atoms. The smallest absolute Gasteiger partial charge is 0.236 e. The molecule has 2 aliphatic rings. The van der Waals surface area contributed by atoms with E-state index in [9.17, 15) is 4.79 Å². The van der Waals surface area contributed by atoms with Gasteiger partial charge in [0.15, 0.2) is 0 Å². The molecule has 3 rings (SSSR count). The first-order valence-electron chi connectivity index (χ1n) is 8.79. The maximum Gasteiger partial charge on any atom is 0.236 e. The SMILES string of the molecule is CN1CCCN(CC(=O)N2CCC(Cc3ccccn3)C2)CC1. The van der Waals surface area contributed by atoms with Crippen molar-refractivity contribution in [3.8, 4) is 0 Å². The molecule has 0 radical (unpaired) electrons. The molecule has 2 fully saturated rings. The van der Waals surface area contributed by atoms with E-state index in [-0.39, 0.29) is 0 Å². The Labute approximate surface area is 139 Å². The van der Waals surface area contributed by atoms with Gasteiger partial charge in [0.05, 0.1) is 6.54 Å². The summed E-state index contributed by atoms with van der Waals surface area (Å²) in [6, 6.07) is 6.07. The molecule has 0 aromatic carbocycles. The van der Waals surface area contributed by atoms with Crippen LogP contribution in [-0.2, 0) is 11.2 Å². The summed E-state index contributed by atoms with van der Waals surface area (Å²) in [5.41, 5.74) is 1.14. The van der Waals surface area contributed by atoms with E-state index in [0.29, 0.717) is 18.4 Å². The van der Waals surface area contributed by atoms with Crippen LogP contribution in [0.15, 0.2) is 24.4 Å². The summed E-state index contributed by atoms with van der Waals surface area (Å²) in [7, 11) is 2.16. The van der Waals surface area contributed by atoms with Crippen LogP contribution in [0.4, 0.5) is 0 Å². The third-order valence-corrected chi connectivity index (χ3v) is 5.03. The molecular formula is C18H28N4O. The first-order chi connectivity index (χ1) is 11.2. The van der Waals surface area contributed by atoms with Gasteiger partial charge in [-0.1, -0.05) is 6.07 Å². The van der Waals surface area contributed by atoms with Gasteiger partial charge in [0, 0.05) is 38.1 Å². The Hall–Kier alpha value is -1.46. The Morgan fingerprint density at radius 1 is 1.22 bits per heavy atom. The van der Waals surface area contributed by atoms with Gasteiger partial charge >= 0.3 is 0 Å². The van der Waals surface area contributed by atoms with E-state index in [1.807, 2.05) is 18.3 Å². The van der Waals surface area contributed by atoms with E-state index in [2.05, 4.69) is 32.8 Å². The van der Waals surface area contributed by atoms with E-state index in [1.54, 1.807) is 0 Å². The standard InChI is InChI=1S/C18H28N4O/c1-20-8-4-9-21(12-11-20)15-18(23)22-10-6-16(14-22)13-17-5-2-3-7-19-17/h2-3,5,7,16H,4,6,8-15H2,1H3. The second kappa shape index (κ2) is 7.88. The van der Waals surface area contributed by atoms with Gasteiger partial charge in [0.25, 0.3) is 0 Å². The van der Waals surface area contributed by atoms with Gasteiger partial charge < -0.3 is 9.80 Å². The van der Waals surface area contributed by atoms with Crippen molar-refractivity contribution in [1.82, 2.24) is 19.7 Å². The number of rotatable bonds is 4. The highest BCUT2D eigenvalue weighted by molar-refractivity contribution is 5.78. The topological polar surface area (TPSA) is 39.7 Å². The fraction of sp³-hybridized carbons (Fsp3) is 0.667. The van der Waals surface area contributed by atoms with Gasteiger partial charge in [-0.15, -0.1) is 0 Å². The second-order valence-corrected chi connectivity index (χ2v) is 6.95. The average molecular weight is 316 g/mol. The molecule has 0 aliphatic carbocycles. The third-order valence-electron chi connectivity index (χ3n) is 5.03. The minimum atomic E-state index is 0.304. The molecular weight excluding hydrogens is 288 g/mol. The highest BCUT2D eigenvalue weighted by Gasteiger charge is 2.27. The van der Waals surface area contributed by atoms with Gasteiger partial charge in [0.2, 0.25) is 5.91 Å². The fourth-order valence-corrected chi connectivity index (χ4v) is 3.59. The normalized spacial score (nSPS) is 23.9. The van der Waals surface area contributed by atoms with Gasteiger partial charge in [-0.2, -0.15) is 0 Å². The Morgan fingerprint density at radius 3 is 2.96 bits per heavy atom. The van der Waals surface area contributed by atoms with Crippen molar-refractivity contribution in [3.63, 3.8) is 0 Å². The van der Waals surface area contributed by atoms with Gasteiger partial charge in [-0.3, -0.25) is 14.7 Å². The van der Waals surface area contributed by atoms with Gasteiger partial charge in [-0.05, 0) is 57.5 Å². The lowest BCUT2D eigenvalue weighted by Crippen LogP contribution is -2.40. The van der Waals surface area contributed by atoms with Crippen molar-refractivity contribution in [1.29, 1.82) is 0 Å². The molecule has 1 atom stereocenters. The lowest BCUT2D eigenvalue weighted by molar-refractivity contribution is -0.131. The zero-order chi connectivity index (χ0) is 16.1. The van der Waals surface area contributed by atoms with Crippen LogP contribution in [0.1, 0.15) is 18.5 Å². The van der Waals surface area contributed by atoms with E-state index in [4.69, 9.17) is 0 Å². The average Bonchev–Trinajstić information content (AvgIpc) is 2.92. The van der Waals surface area contributed by atoms with Crippen molar-refractivity contribution in [3.05, 3.63) is 30.1 Å². The molecule has 5 heteroatoms. The number of hydrogen-bond donors (Lipinski definition) is 0. The molecule has 3 heterocycles. The third kappa shape index (κ3) is 4.75. The minimum Gasteiger partial charge on any atom is -0.341 e. The first kappa shape index (κ1) is 16.4. The zero-order valence-corrected chi connectivity index (χ0v) is 14.2. The largest absolute Gasteiger partial charge is 0.341 e. The quantitative estimate of drug-likeness (QED) is 0.834. The number of carbonyl (C=O) groups is 1. The molecule has 1 amide bonds. The predicted molar refractivity (Wildman–Crippen MR) is 91.2 cm³/mol. The minimum absolute atomic E-state index is 0.304. The number of carbonyl (C=O) groups excluding carboxylic acids is 1. The molecule has 5 nitrogen and oxygen atoms in total. The van der Waals surface area contributed by atoms with Crippen molar-refractivity contribution >= 4 is 5.91 Å².